The summed E-state index contributed by atoms with van der Waals surface area (Å²) in [6.07, 6.45) is 0. The summed E-state index contributed by atoms with van der Waals surface area (Å²) in [5.74, 6) is 0. The molecule has 1 aromatic carbocycles. The Morgan fingerprint density at radius 3 is 2.94 bits per heavy atom. The van der Waals surface area contributed by atoms with E-state index >= 15 is 0 Å². The average Bonchev–Trinajstić information content (AvgIpc) is 2.58. The van der Waals surface area contributed by atoms with Gasteiger partial charge in [0.1, 0.15) is 5.52 Å². The van der Waals surface area contributed by atoms with E-state index in [2.05, 4.69) is 10.3 Å². The van der Waals surface area contributed by atoms with Gasteiger partial charge in [0.2, 0.25) is 0 Å². The molecular formula is C11H15N3O2. The lowest BCUT2D eigenvalue weighted by molar-refractivity contribution is 0.231. The van der Waals surface area contributed by atoms with E-state index in [1.54, 1.807) is 18.2 Å². The second-order valence-corrected chi connectivity index (χ2v) is 4.41. The number of oxazole rings is 1. The van der Waals surface area contributed by atoms with Crippen LogP contribution in [-0.4, -0.2) is 22.2 Å². The Balaban J connectivity index is 2.33. The highest BCUT2D eigenvalue weighted by Crippen LogP contribution is 2.23. The highest BCUT2D eigenvalue weighted by molar-refractivity contribution is 5.78. The van der Waals surface area contributed by atoms with Crippen LogP contribution in [0.5, 0.6) is 0 Å². The normalized spacial score (nSPS) is 11.9. The molecule has 1 aromatic heterocycles. The monoisotopic (exact) mass is 221 g/mol. The van der Waals surface area contributed by atoms with Crippen LogP contribution in [0.25, 0.3) is 11.1 Å². The quantitative estimate of drug-likeness (QED) is 0.685. The molecule has 4 N–H and O–H groups in total. The molecule has 0 aliphatic rings. The van der Waals surface area contributed by atoms with Gasteiger partial charge in [-0.2, -0.15) is 4.98 Å². The molecule has 0 fully saturated rings. The molecule has 1 heterocycles. The fourth-order valence-electron chi connectivity index (χ4n) is 1.32. The van der Waals surface area contributed by atoms with E-state index < -0.39 is 5.54 Å². The summed E-state index contributed by atoms with van der Waals surface area (Å²) in [6, 6.07) is 5.68. The van der Waals surface area contributed by atoms with Crippen molar-refractivity contribution in [3.63, 3.8) is 0 Å². The van der Waals surface area contributed by atoms with E-state index in [-0.39, 0.29) is 6.61 Å². The molecule has 0 atom stereocenters. The molecule has 0 aliphatic carbocycles. The second-order valence-electron chi connectivity index (χ2n) is 4.41. The summed E-state index contributed by atoms with van der Waals surface area (Å²) >= 11 is 0. The number of hydrogen-bond donors (Lipinski definition) is 3. The zero-order valence-corrected chi connectivity index (χ0v) is 9.32. The number of nitrogens with two attached hydrogens (primary N) is 1. The van der Waals surface area contributed by atoms with Crippen LogP contribution in [0.1, 0.15) is 13.8 Å². The van der Waals surface area contributed by atoms with Crippen molar-refractivity contribution in [2.75, 3.05) is 17.7 Å². The maximum absolute atomic E-state index is 9.12. The molecule has 2 aromatic rings. The second kappa shape index (κ2) is 3.68. The van der Waals surface area contributed by atoms with Crippen molar-refractivity contribution in [1.82, 2.24) is 4.98 Å². The largest absolute Gasteiger partial charge is 0.423 e. The van der Waals surface area contributed by atoms with Gasteiger partial charge in [0, 0.05) is 11.8 Å². The number of rotatable bonds is 3. The van der Waals surface area contributed by atoms with Gasteiger partial charge >= 0.3 is 0 Å². The van der Waals surface area contributed by atoms with E-state index in [1.165, 1.54) is 0 Å². The molecule has 0 unspecified atom stereocenters. The summed E-state index contributed by atoms with van der Waals surface area (Å²) in [4.78, 5) is 4.24. The minimum atomic E-state index is -0.466. The number of aliphatic hydroxyl groups excluding tert-OH is 1. The topological polar surface area (TPSA) is 84.3 Å². The lowest BCUT2D eigenvalue weighted by atomic mass is 10.1. The van der Waals surface area contributed by atoms with Crippen molar-refractivity contribution < 1.29 is 9.52 Å². The number of nitrogens with one attached hydrogen (secondary N) is 1. The standard InChI is InChI=1S/C11H15N3O2/c1-11(2,6-15)14-10-13-8-4-3-7(12)5-9(8)16-10/h3-5,15H,6,12H2,1-2H3,(H,13,14). The van der Waals surface area contributed by atoms with E-state index in [1.807, 2.05) is 13.8 Å². The number of anilines is 2. The molecule has 2 rings (SSSR count). The number of hydrogen-bond acceptors (Lipinski definition) is 5. The summed E-state index contributed by atoms with van der Waals surface area (Å²) < 4.78 is 5.47. The Hall–Kier alpha value is -1.75. The molecule has 0 spiro atoms. The Morgan fingerprint density at radius 1 is 1.50 bits per heavy atom. The van der Waals surface area contributed by atoms with Gasteiger partial charge in [-0.3, -0.25) is 0 Å². The number of nitrogens with zero attached hydrogens (tertiary/aromatic N) is 1. The van der Waals surface area contributed by atoms with Crippen LogP contribution in [-0.2, 0) is 0 Å². The van der Waals surface area contributed by atoms with Gasteiger partial charge in [0.15, 0.2) is 5.58 Å². The molecule has 0 amide bonds. The lowest BCUT2D eigenvalue weighted by Crippen LogP contribution is -2.34. The number of benzene rings is 1. The molecule has 0 saturated heterocycles. The van der Waals surface area contributed by atoms with Gasteiger partial charge in [-0.1, -0.05) is 0 Å². The molecule has 5 heteroatoms. The maximum Gasteiger partial charge on any atom is 0.296 e. The van der Waals surface area contributed by atoms with E-state index in [4.69, 9.17) is 15.3 Å². The highest BCUT2D eigenvalue weighted by Gasteiger charge is 2.18. The zero-order chi connectivity index (χ0) is 11.8. The number of fused-ring (bicyclic) bond motifs is 1. The Morgan fingerprint density at radius 2 is 2.25 bits per heavy atom. The summed E-state index contributed by atoms with van der Waals surface area (Å²) in [6.45, 7) is 3.71. The Kier molecular flexibility index (Phi) is 2.47. The van der Waals surface area contributed by atoms with E-state index in [0.29, 0.717) is 17.3 Å². The van der Waals surface area contributed by atoms with Gasteiger partial charge in [-0.15, -0.1) is 0 Å². The molecule has 0 radical (unpaired) electrons. The third kappa shape index (κ3) is 2.09. The molecular weight excluding hydrogens is 206 g/mol. The van der Waals surface area contributed by atoms with Gasteiger partial charge in [0.05, 0.1) is 12.1 Å². The minimum absolute atomic E-state index is 0.00609. The van der Waals surface area contributed by atoms with E-state index in [9.17, 15) is 0 Å². The summed E-state index contributed by atoms with van der Waals surface area (Å²) in [5.41, 5.74) is 7.18. The van der Waals surface area contributed by atoms with Gasteiger partial charge in [0.25, 0.3) is 6.01 Å². The zero-order valence-electron chi connectivity index (χ0n) is 9.32. The van der Waals surface area contributed by atoms with Gasteiger partial charge in [-0.25, -0.2) is 0 Å². The first-order chi connectivity index (χ1) is 7.50. The van der Waals surface area contributed by atoms with Crippen LogP contribution in [0.2, 0.25) is 0 Å². The SMILES string of the molecule is CC(C)(CO)Nc1nc2ccc(N)cc2o1. The van der Waals surface area contributed by atoms with Crippen LogP contribution in [0, 0.1) is 0 Å². The number of nitrogen functional groups attached to an aromatic ring is 1. The first kappa shape index (κ1) is 10.8. The summed E-state index contributed by atoms with van der Waals surface area (Å²) in [5, 5.41) is 12.1. The van der Waals surface area contributed by atoms with Crippen LogP contribution < -0.4 is 11.1 Å². The van der Waals surface area contributed by atoms with Crippen molar-refractivity contribution in [2.45, 2.75) is 19.4 Å². The molecule has 16 heavy (non-hydrogen) atoms. The molecule has 5 nitrogen and oxygen atoms in total. The summed E-state index contributed by atoms with van der Waals surface area (Å²) in [7, 11) is 0. The van der Waals surface area contributed by atoms with E-state index in [0.717, 1.165) is 5.52 Å². The van der Waals surface area contributed by atoms with Crippen molar-refractivity contribution >= 4 is 22.8 Å². The fourth-order valence-corrected chi connectivity index (χ4v) is 1.32. The molecule has 0 saturated carbocycles. The lowest BCUT2D eigenvalue weighted by Gasteiger charge is -2.21. The molecule has 0 aliphatic heterocycles. The first-order valence-electron chi connectivity index (χ1n) is 5.05. The Bertz CT molecular complexity index is 505. The third-order valence-corrected chi connectivity index (χ3v) is 2.25. The third-order valence-electron chi connectivity index (χ3n) is 2.25. The minimum Gasteiger partial charge on any atom is -0.423 e. The predicted molar refractivity (Wildman–Crippen MR) is 63.2 cm³/mol. The van der Waals surface area contributed by atoms with Gasteiger partial charge < -0.3 is 20.6 Å². The maximum atomic E-state index is 9.12. The predicted octanol–water partition coefficient (Wildman–Crippen LogP) is 1.59. The average molecular weight is 221 g/mol. The van der Waals surface area contributed by atoms with Crippen molar-refractivity contribution in [3.05, 3.63) is 18.2 Å². The van der Waals surface area contributed by atoms with Crippen LogP contribution in [0.4, 0.5) is 11.7 Å². The van der Waals surface area contributed by atoms with Crippen LogP contribution in [0.3, 0.4) is 0 Å². The number of aliphatic hydroxyl groups is 1. The Labute approximate surface area is 93.3 Å². The number of aromatic nitrogens is 1. The van der Waals surface area contributed by atoms with Crippen molar-refractivity contribution in [1.29, 1.82) is 0 Å². The smallest absolute Gasteiger partial charge is 0.296 e. The van der Waals surface area contributed by atoms with Crippen LogP contribution in [0.15, 0.2) is 22.6 Å². The fraction of sp³-hybridized carbons (Fsp3) is 0.364. The molecule has 86 valence electrons. The van der Waals surface area contributed by atoms with Crippen molar-refractivity contribution in [3.8, 4) is 0 Å². The van der Waals surface area contributed by atoms with Crippen molar-refractivity contribution in [2.24, 2.45) is 0 Å². The highest BCUT2D eigenvalue weighted by atomic mass is 16.4. The van der Waals surface area contributed by atoms with Gasteiger partial charge in [-0.05, 0) is 26.0 Å². The molecule has 0 bridgehead atoms. The first-order valence-corrected chi connectivity index (χ1v) is 5.05. The van der Waals surface area contributed by atoms with Crippen LogP contribution >= 0.6 is 0 Å².